The number of rotatable bonds is 0. The van der Waals surface area contributed by atoms with Crippen molar-refractivity contribution in [3.05, 3.63) is 0 Å². The molecule has 0 spiro atoms. The van der Waals surface area contributed by atoms with Crippen molar-refractivity contribution in [1.82, 2.24) is 0 Å². The Labute approximate surface area is 105 Å². The average molecular weight is 409 g/mol. The Morgan fingerprint density at radius 2 is 1.20 bits per heavy atom. The Morgan fingerprint density at radius 3 is 1.20 bits per heavy atom. The first-order valence-corrected chi connectivity index (χ1v) is 7.77. The van der Waals surface area contributed by atoms with Gasteiger partial charge in [-0.15, -0.1) is 0 Å². The van der Waals surface area contributed by atoms with Crippen LogP contribution in [-0.4, -0.2) is 51.1 Å². The minimum absolute atomic E-state index is 0. The first kappa shape index (κ1) is 23.3. The van der Waals surface area contributed by atoms with E-state index in [9.17, 15) is 0 Å². The summed E-state index contributed by atoms with van der Waals surface area (Å²) in [5, 5.41) is 0. The maximum absolute atomic E-state index is 2.40. The molecule has 0 aromatic carbocycles. The minimum atomic E-state index is 0. The van der Waals surface area contributed by atoms with Crippen LogP contribution in [0.1, 0.15) is 0 Å². The van der Waals surface area contributed by atoms with Gasteiger partial charge in [0.2, 0.25) is 0 Å². The summed E-state index contributed by atoms with van der Waals surface area (Å²) in [4.78, 5) is 0. The van der Waals surface area contributed by atoms with Crippen LogP contribution in [0.15, 0.2) is 0 Å². The van der Waals surface area contributed by atoms with Gasteiger partial charge in [0.25, 0.3) is 0 Å². The van der Waals surface area contributed by atoms with Crippen molar-refractivity contribution in [2.24, 2.45) is 0 Å². The summed E-state index contributed by atoms with van der Waals surface area (Å²) < 4.78 is 0. The standard InChI is InChI=1S/Ca.Mn.H2Se.Ti.W.2H/h;;1H2;;;;/q;;;;+1;;/p-1. The third-order valence-electron chi connectivity index (χ3n) is 0. The second kappa shape index (κ2) is 25.2. The van der Waals surface area contributed by atoms with Gasteiger partial charge < -0.3 is 0 Å². The molecule has 0 atom stereocenters. The van der Waals surface area contributed by atoms with E-state index < -0.39 is 0 Å². The molecule has 0 amide bonds. The van der Waals surface area contributed by atoms with Crippen molar-refractivity contribution in [3.63, 3.8) is 0 Å². The van der Waals surface area contributed by atoms with E-state index in [-0.39, 0.29) is 76.5 Å². The zero-order valence-electron chi connectivity index (χ0n) is 1.73. The Kier molecular flexibility index (Phi) is 118. The van der Waals surface area contributed by atoms with Gasteiger partial charge in [-0.05, 0) is 0 Å². The van der Waals surface area contributed by atoms with Gasteiger partial charge in [-0.3, -0.25) is 0 Å². The van der Waals surface area contributed by atoms with Crippen molar-refractivity contribution in [3.8, 4) is 0 Å². The Morgan fingerprint density at radius 1 is 1.20 bits per heavy atom. The van der Waals surface area contributed by atoms with Gasteiger partial charge in [0.05, 0.1) is 0 Å². The van der Waals surface area contributed by atoms with Crippen molar-refractivity contribution >= 4 is 51.1 Å². The molecule has 0 N–H and O–H groups in total. The van der Waals surface area contributed by atoms with Crippen LogP contribution in [0.2, 0.25) is 0 Å². The van der Waals surface area contributed by atoms with Crippen molar-refractivity contribution < 1.29 is 56.5 Å². The predicted molar refractivity (Wildman–Crippen MR) is 15.7 cm³/mol. The Balaban J connectivity index is -0.00000000167. The van der Waals surface area contributed by atoms with Crippen LogP contribution < -0.4 is 0 Å². The molecule has 0 unspecified atom stereocenters. The fraction of sp³-hybridized carbons (Fsp3) is 0. The number of hydrogen-bond donors (Lipinski definition) is 0. The smallest absolute Gasteiger partial charge is 0 e. The topological polar surface area (TPSA) is 0 Å². The molecule has 5 heavy (non-hydrogen) atoms. The van der Waals surface area contributed by atoms with E-state index in [1.165, 1.54) is 17.7 Å². The molecule has 0 saturated heterocycles. The Bertz CT molecular complexity index is 11.6. The van der Waals surface area contributed by atoms with E-state index in [1.807, 2.05) is 0 Å². The van der Waals surface area contributed by atoms with Crippen LogP contribution in [-0.2, 0) is 56.5 Å². The number of hydrogen-bond acceptors (Lipinski definition) is 0. The molecule has 5 heteroatoms. The fourth-order valence-corrected chi connectivity index (χ4v) is 0. The van der Waals surface area contributed by atoms with Crippen molar-refractivity contribution in [2.45, 2.75) is 0 Å². The molecular formula is H3CaMnSeTiW. The monoisotopic (exact) mass is 410 g/mol. The molecule has 0 aromatic rings. The molecule has 0 saturated carbocycles. The van der Waals surface area contributed by atoms with E-state index in [2.05, 4.69) is 13.4 Å². The average Bonchev–Trinajstić information content (AvgIpc) is 1.00. The van der Waals surface area contributed by atoms with Gasteiger partial charge in [0, 0.05) is 38.8 Å². The maximum Gasteiger partial charge on any atom is 0 e. The molecule has 0 heterocycles. The molecule has 0 nitrogen and oxygen atoms in total. The zero-order chi connectivity index (χ0) is 2.00. The summed E-state index contributed by atoms with van der Waals surface area (Å²) in [6, 6.07) is 0. The van der Waals surface area contributed by atoms with Gasteiger partial charge in [0.1, 0.15) is 0 Å². The van der Waals surface area contributed by atoms with Crippen molar-refractivity contribution in [1.29, 1.82) is 0 Å². The fourth-order valence-electron chi connectivity index (χ4n) is 0. The largest absolute Gasteiger partial charge is 0 e. The van der Waals surface area contributed by atoms with E-state index in [0.717, 1.165) is 0 Å². The molecular weight excluding hydrogens is 406 g/mol. The van der Waals surface area contributed by atoms with Gasteiger partial charge in [-0.2, -0.15) is 0 Å². The quantitative estimate of drug-likeness (QED) is 0.425. The first-order chi connectivity index (χ1) is 1.00. The normalized spacial score (nSPS) is 1.00. The summed E-state index contributed by atoms with van der Waals surface area (Å²) in [5.41, 5.74) is 0. The maximum atomic E-state index is 2.40. The first-order valence-electron chi connectivity index (χ1n) is 0.183. The third-order valence-corrected chi connectivity index (χ3v) is 0. The van der Waals surface area contributed by atoms with E-state index in [4.69, 9.17) is 0 Å². The van der Waals surface area contributed by atoms with Crippen LogP contribution in [0, 0.1) is 0 Å². The third kappa shape index (κ3) is 18.3. The van der Waals surface area contributed by atoms with Crippen LogP contribution in [0.4, 0.5) is 0 Å². The summed E-state index contributed by atoms with van der Waals surface area (Å²) in [7, 11) is 0. The van der Waals surface area contributed by atoms with Gasteiger partial charge in [-0.25, -0.2) is 0 Å². The van der Waals surface area contributed by atoms with Crippen LogP contribution in [0.25, 0.3) is 0 Å². The SMILES string of the molecule is [CaH2].[Mn].[SeH][W].[Ti]. The summed E-state index contributed by atoms with van der Waals surface area (Å²) >= 11 is 3.92. The van der Waals surface area contributed by atoms with E-state index in [0.29, 0.717) is 0 Å². The molecule has 0 fully saturated rings. The molecule has 0 rings (SSSR count). The summed E-state index contributed by atoms with van der Waals surface area (Å²) in [6.45, 7) is 0. The molecule has 0 aromatic heterocycles. The van der Waals surface area contributed by atoms with Crippen LogP contribution in [0.3, 0.4) is 0 Å². The van der Waals surface area contributed by atoms with Gasteiger partial charge in [0.15, 0.2) is 0 Å². The van der Waals surface area contributed by atoms with Gasteiger partial charge >= 0.3 is 68.8 Å². The van der Waals surface area contributed by atoms with Crippen LogP contribution >= 0.6 is 0 Å². The molecule has 0 aliphatic carbocycles. The van der Waals surface area contributed by atoms with Crippen molar-refractivity contribution in [2.75, 3.05) is 0 Å². The van der Waals surface area contributed by atoms with Crippen LogP contribution in [0.5, 0.6) is 0 Å². The van der Waals surface area contributed by atoms with E-state index >= 15 is 0 Å². The second-order valence-corrected chi connectivity index (χ2v) is 0. The Hall–Kier alpha value is 3.70. The molecule has 28 valence electrons. The minimum Gasteiger partial charge on any atom is 0 e. The molecule has 0 aliphatic rings. The predicted octanol–water partition coefficient (Wildman–Crippen LogP) is -1.57. The zero-order valence-corrected chi connectivity index (χ0v) is 9.29. The molecule has 0 bridgehead atoms. The second-order valence-electron chi connectivity index (χ2n) is 0. The van der Waals surface area contributed by atoms with Gasteiger partial charge in [-0.1, -0.05) is 0 Å². The summed E-state index contributed by atoms with van der Waals surface area (Å²) in [5.74, 6) is 0. The van der Waals surface area contributed by atoms with E-state index in [1.54, 1.807) is 0 Å². The molecule has 0 aliphatic heterocycles. The molecule has 1 radical (unpaired) electrons. The summed E-state index contributed by atoms with van der Waals surface area (Å²) in [6.07, 6.45) is 0.